The molecule has 0 aliphatic rings. The van der Waals surface area contributed by atoms with E-state index in [9.17, 15) is 9.59 Å². The first-order chi connectivity index (χ1) is 13.0. The van der Waals surface area contributed by atoms with Crippen molar-refractivity contribution < 1.29 is 4.79 Å². The SMILES string of the molecule is CN(Cc1nc2ccccc2c(=O)[nH]1)C(=O)c1cc(-c2cccs2)nn1C. The zero-order chi connectivity index (χ0) is 19.0. The fourth-order valence-corrected chi connectivity index (χ4v) is 3.60. The number of aryl methyl sites for hydroxylation is 1. The maximum atomic E-state index is 12.8. The molecule has 0 saturated carbocycles. The van der Waals surface area contributed by atoms with Crippen molar-refractivity contribution in [3.63, 3.8) is 0 Å². The van der Waals surface area contributed by atoms with Crippen LogP contribution in [0.25, 0.3) is 21.5 Å². The van der Waals surface area contributed by atoms with E-state index in [0.29, 0.717) is 22.4 Å². The van der Waals surface area contributed by atoms with Gasteiger partial charge < -0.3 is 9.88 Å². The Labute approximate surface area is 158 Å². The Hall–Kier alpha value is -3.26. The van der Waals surface area contributed by atoms with Gasteiger partial charge in [-0.25, -0.2) is 4.98 Å². The highest BCUT2D eigenvalue weighted by atomic mass is 32.1. The van der Waals surface area contributed by atoms with Gasteiger partial charge in [-0.1, -0.05) is 18.2 Å². The number of hydrogen-bond donors (Lipinski definition) is 1. The number of rotatable bonds is 4. The van der Waals surface area contributed by atoms with E-state index in [1.165, 1.54) is 4.90 Å². The molecule has 4 rings (SSSR count). The molecule has 0 fully saturated rings. The number of carbonyl (C=O) groups excluding carboxylic acids is 1. The number of nitrogens with zero attached hydrogens (tertiary/aromatic N) is 4. The van der Waals surface area contributed by atoms with Crippen molar-refractivity contribution in [1.29, 1.82) is 0 Å². The largest absolute Gasteiger partial charge is 0.333 e. The highest BCUT2D eigenvalue weighted by Crippen LogP contribution is 2.24. The normalized spacial score (nSPS) is 11.0. The van der Waals surface area contributed by atoms with Crippen LogP contribution in [0.2, 0.25) is 0 Å². The minimum absolute atomic E-state index is 0.191. The number of amides is 1. The van der Waals surface area contributed by atoms with Crippen LogP contribution in [-0.2, 0) is 13.6 Å². The highest BCUT2D eigenvalue weighted by Gasteiger charge is 2.19. The number of aromatic nitrogens is 4. The van der Waals surface area contributed by atoms with E-state index in [2.05, 4.69) is 15.1 Å². The van der Waals surface area contributed by atoms with Gasteiger partial charge in [-0.05, 0) is 29.6 Å². The van der Waals surface area contributed by atoms with Crippen molar-refractivity contribution in [3.8, 4) is 10.6 Å². The molecule has 0 spiro atoms. The van der Waals surface area contributed by atoms with Crippen LogP contribution in [0.15, 0.2) is 52.6 Å². The molecule has 136 valence electrons. The molecule has 0 bridgehead atoms. The molecule has 3 heterocycles. The Balaban J connectivity index is 1.59. The summed E-state index contributed by atoms with van der Waals surface area (Å²) in [7, 11) is 3.42. The van der Waals surface area contributed by atoms with E-state index in [4.69, 9.17) is 0 Å². The number of benzene rings is 1. The second kappa shape index (κ2) is 6.81. The van der Waals surface area contributed by atoms with Crippen LogP contribution >= 0.6 is 11.3 Å². The minimum atomic E-state index is -0.211. The van der Waals surface area contributed by atoms with E-state index in [-0.39, 0.29) is 18.0 Å². The lowest BCUT2D eigenvalue weighted by Gasteiger charge is -2.16. The Morgan fingerprint density at radius 1 is 1.26 bits per heavy atom. The number of H-pyrrole nitrogens is 1. The number of hydrogen-bond acceptors (Lipinski definition) is 5. The zero-order valence-electron chi connectivity index (χ0n) is 14.8. The van der Waals surface area contributed by atoms with Gasteiger partial charge in [0.05, 0.1) is 22.3 Å². The summed E-state index contributed by atoms with van der Waals surface area (Å²) < 4.78 is 1.57. The summed E-state index contributed by atoms with van der Waals surface area (Å²) in [4.78, 5) is 34.8. The number of aromatic amines is 1. The Bertz CT molecular complexity index is 1180. The van der Waals surface area contributed by atoms with Gasteiger partial charge in [0.15, 0.2) is 0 Å². The molecule has 0 aliphatic carbocycles. The van der Waals surface area contributed by atoms with Crippen LogP contribution < -0.4 is 5.56 Å². The van der Waals surface area contributed by atoms with Gasteiger partial charge in [-0.15, -0.1) is 11.3 Å². The third kappa shape index (κ3) is 3.26. The van der Waals surface area contributed by atoms with Gasteiger partial charge in [0, 0.05) is 14.1 Å². The summed E-state index contributed by atoms with van der Waals surface area (Å²) >= 11 is 1.57. The Morgan fingerprint density at radius 3 is 2.85 bits per heavy atom. The van der Waals surface area contributed by atoms with E-state index in [0.717, 1.165) is 10.6 Å². The molecule has 1 N–H and O–H groups in total. The monoisotopic (exact) mass is 379 g/mol. The molecular weight excluding hydrogens is 362 g/mol. The number of para-hydroxylation sites is 1. The van der Waals surface area contributed by atoms with Crippen molar-refractivity contribution in [2.24, 2.45) is 7.05 Å². The first-order valence-electron chi connectivity index (χ1n) is 8.34. The van der Waals surface area contributed by atoms with Crippen molar-refractivity contribution in [1.82, 2.24) is 24.6 Å². The molecule has 4 aromatic rings. The van der Waals surface area contributed by atoms with Crippen LogP contribution in [0.3, 0.4) is 0 Å². The molecule has 1 amide bonds. The van der Waals surface area contributed by atoms with Crippen molar-refractivity contribution in [3.05, 3.63) is 69.7 Å². The maximum Gasteiger partial charge on any atom is 0.272 e. The lowest BCUT2D eigenvalue weighted by molar-refractivity contribution is 0.0770. The van der Waals surface area contributed by atoms with Crippen LogP contribution in [0.4, 0.5) is 0 Å². The van der Waals surface area contributed by atoms with Crippen molar-refractivity contribution in [2.75, 3.05) is 7.05 Å². The van der Waals surface area contributed by atoms with Crippen molar-refractivity contribution >= 4 is 28.1 Å². The summed E-state index contributed by atoms with van der Waals surface area (Å²) in [6.07, 6.45) is 0. The van der Waals surface area contributed by atoms with Gasteiger partial charge in [0.2, 0.25) is 0 Å². The van der Waals surface area contributed by atoms with Crippen molar-refractivity contribution in [2.45, 2.75) is 6.54 Å². The number of thiophene rings is 1. The van der Waals surface area contributed by atoms with Crippen LogP contribution in [-0.4, -0.2) is 37.6 Å². The maximum absolute atomic E-state index is 12.8. The summed E-state index contributed by atoms with van der Waals surface area (Å²) in [5.74, 6) is 0.249. The smallest absolute Gasteiger partial charge is 0.272 e. The minimum Gasteiger partial charge on any atom is -0.333 e. The predicted octanol–water partition coefficient (Wildman–Crippen LogP) is 2.66. The second-order valence-corrected chi connectivity index (χ2v) is 7.15. The summed E-state index contributed by atoms with van der Waals surface area (Å²) in [6, 6.07) is 12.8. The summed E-state index contributed by atoms with van der Waals surface area (Å²) in [5, 5.41) is 6.93. The van der Waals surface area contributed by atoms with E-state index >= 15 is 0 Å². The first-order valence-corrected chi connectivity index (χ1v) is 9.22. The van der Waals surface area contributed by atoms with Gasteiger partial charge in [-0.2, -0.15) is 5.10 Å². The van der Waals surface area contributed by atoms with Crippen LogP contribution in [0.5, 0.6) is 0 Å². The van der Waals surface area contributed by atoms with E-state index in [1.54, 1.807) is 54.4 Å². The van der Waals surface area contributed by atoms with Crippen LogP contribution in [0.1, 0.15) is 16.3 Å². The highest BCUT2D eigenvalue weighted by molar-refractivity contribution is 7.13. The van der Waals surface area contributed by atoms with Crippen LogP contribution in [0, 0.1) is 0 Å². The molecular formula is C19H17N5O2S. The lowest BCUT2D eigenvalue weighted by atomic mass is 10.2. The molecule has 0 unspecified atom stereocenters. The molecule has 0 atom stereocenters. The fraction of sp³-hybridized carbons (Fsp3) is 0.158. The first kappa shape index (κ1) is 17.2. The third-order valence-electron chi connectivity index (χ3n) is 4.27. The topological polar surface area (TPSA) is 83.9 Å². The summed E-state index contributed by atoms with van der Waals surface area (Å²) in [5.41, 5.74) is 1.64. The van der Waals surface area contributed by atoms with E-state index in [1.807, 2.05) is 23.6 Å². The van der Waals surface area contributed by atoms with E-state index < -0.39 is 0 Å². The Morgan fingerprint density at radius 2 is 2.07 bits per heavy atom. The number of nitrogens with one attached hydrogen (secondary N) is 1. The molecule has 0 aliphatic heterocycles. The molecule has 0 saturated heterocycles. The number of fused-ring (bicyclic) bond motifs is 1. The average molecular weight is 379 g/mol. The zero-order valence-corrected chi connectivity index (χ0v) is 15.7. The predicted molar refractivity (Wildman–Crippen MR) is 105 cm³/mol. The van der Waals surface area contributed by atoms with Gasteiger partial charge >= 0.3 is 0 Å². The quantitative estimate of drug-likeness (QED) is 0.591. The second-order valence-electron chi connectivity index (χ2n) is 6.21. The third-order valence-corrected chi connectivity index (χ3v) is 5.16. The molecule has 1 aromatic carbocycles. The molecule has 7 nitrogen and oxygen atoms in total. The average Bonchev–Trinajstić information content (AvgIpc) is 3.30. The molecule has 0 radical (unpaired) electrons. The standard InChI is InChI=1S/C19H17N5O2S/c1-23(11-17-20-13-7-4-3-6-12(13)18(25)21-17)19(26)15-10-14(22-24(15)2)16-8-5-9-27-16/h3-10H,11H2,1-2H3,(H,20,21,25). The molecule has 8 heteroatoms. The molecule has 3 aromatic heterocycles. The Kier molecular flexibility index (Phi) is 4.33. The molecule has 27 heavy (non-hydrogen) atoms. The van der Waals surface area contributed by atoms with Gasteiger partial charge in [-0.3, -0.25) is 14.3 Å². The van der Waals surface area contributed by atoms with Gasteiger partial charge in [0.1, 0.15) is 17.2 Å². The fourth-order valence-electron chi connectivity index (χ4n) is 2.91. The number of carbonyl (C=O) groups is 1. The van der Waals surface area contributed by atoms with Gasteiger partial charge in [0.25, 0.3) is 11.5 Å². The lowest BCUT2D eigenvalue weighted by Crippen LogP contribution is -2.29. The summed E-state index contributed by atoms with van der Waals surface area (Å²) in [6.45, 7) is 0.193.